The predicted octanol–water partition coefficient (Wildman–Crippen LogP) is 2.73. The molecule has 21 heavy (non-hydrogen) atoms. The maximum atomic E-state index is 13.0. The summed E-state index contributed by atoms with van der Waals surface area (Å²) in [5.74, 6) is -1.52. The third-order valence-electron chi connectivity index (χ3n) is 3.53. The molecule has 0 saturated heterocycles. The van der Waals surface area contributed by atoms with E-state index in [1.165, 1.54) is 19.2 Å². The average Bonchev–Trinajstić information content (AvgIpc) is 2.40. The fraction of sp³-hybridized carbons (Fsp3) is 0.467. The van der Waals surface area contributed by atoms with Crippen molar-refractivity contribution in [1.29, 1.82) is 0 Å². The lowest BCUT2D eigenvalue weighted by atomic mass is 9.88. The Morgan fingerprint density at radius 2 is 2.05 bits per heavy atom. The number of methoxy groups -OCH3 is 1. The van der Waals surface area contributed by atoms with Gasteiger partial charge in [-0.1, -0.05) is 31.5 Å². The molecule has 1 N–H and O–H groups in total. The van der Waals surface area contributed by atoms with Gasteiger partial charge in [-0.3, -0.25) is 4.79 Å². The average molecular weight is 316 g/mol. The van der Waals surface area contributed by atoms with Crippen LogP contribution < -0.4 is 5.32 Å². The van der Waals surface area contributed by atoms with Gasteiger partial charge >= 0.3 is 5.97 Å². The van der Waals surface area contributed by atoms with Crippen LogP contribution in [-0.4, -0.2) is 24.5 Å². The van der Waals surface area contributed by atoms with Crippen LogP contribution in [0.2, 0.25) is 5.02 Å². The van der Waals surface area contributed by atoms with E-state index in [1.807, 2.05) is 13.8 Å². The van der Waals surface area contributed by atoms with Gasteiger partial charge in [-0.05, 0) is 30.5 Å². The van der Waals surface area contributed by atoms with Gasteiger partial charge in [-0.2, -0.15) is 0 Å². The van der Waals surface area contributed by atoms with E-state index >= 15 is 0 Å². The first-order valence-electron chi connectivity index (χ1n) is 6.54. The van der Waals surface area contributed by atoms with Crippen LogP contribution in [0.4, 0.5) is 4.39 Å². The van der Waals surface area contributed by atoms with E-state index in [4.69, 9.17) is 16.3 Å². The van der Waals surface area contributed by atoms with Crippen molar-refractivity contribution in [2.45, 2.75) is 32.7 Å². The monoisotopic (exact) mass is 315 g/mol. The Hall–Kier alpha value is -1.62. The molecule has 1 aromatic rings. The summed E-state index contributed by atoms with van der Waals surface area (Å²) in [4.78, 5) is 24.0. The number of nitrogens with one attached hydrogen (secondary N) is 1. The van der Waals surface area contributed by atoms with Crippen LogP contribution in [0.5, 0.6) is 0 Å². The summed E-state index contributed by atoms with van der Waals surface area (Å²) in [6.07, 6.45) is -0.0432. The highest BCUT2D eigenvalue weighted by molar-refractivity contribution is 6.31. The van der Waals surface area contributed by atoms with Gasteiger partial charge in [0.25, 0.3) is 0 Å². The van der Waals surface area contributed by atoms with Crippen molar-refractivity contribution in [3.63, 3.8) is 0 Å². The van der Waals surface area contributed by atoms with E-state index < -0.39 is 17.3 Å². The Morgan fingerprint density at radius 3 is 2.52 bits per heavy atom. The molecule has 1 atom stereocenters. The van der Waals surface area contributed by atoms with Crippen molar-refractivity contribution < 1.29 is 18.7 Å². The fourth-order valence-corrected chi connectivity index (χ4v) is 2.05. The second kappa shape index (κ2) is 6.89. The van der Waals surface area contributed by atoms with Gasteiger partial charge in [-0.25, -0.2) is 9.18 Å². The summed E-state index contributed by atoms with van der Waals surface area (Å²) in [6, 6.07) is 3.82. The number of hydrogen-bond acceptors (Lipinski definition) is 3. The minimum Gasteiger partial charge on any atom is -0.467 e. The molecular formula is C15H19ClFNO3. The standard InChI is InChI=1S/C15H19ClFNO3/c1-9(2)15(3,14(20)21-4)18-13(19)7-10-5-6-11(17)8-12(10)16/h5-6,8-9H,7H2,1-4H3,(H,18,19). The Labute approximate surface area is 128 Å². The highest BCUT2D eigenvalue weighted by Crippen LogP contribution is 2.21. The molecule has 4 nitrogen and oxygen atoms in total. The normalized spacial score (nSPS) is 13.7. The zero-order chi connectivity index (χ0) is 16.2. The van der Waals surface area contributed by atoms with Crippen molar-refractivity contribution in [1.82, 2.24) is 5.32 Å². The van der Waals surface area contributed by atoms with Crippen molar-refractivity contribution >= 4 is 23.5 Å². The Morgan fingerprint density at radius 1 is 1.43 bits per heavy atom. The maximum absolute atomic E-state index is 13.0. The fourth-order valence-electron chi connectivity index (χ4n) is 1.81. The van der Waals surface area contributed by atoms with Gasteiger partial charge in [-0.15, -0.1) is 0 Å². The molecule has 0 aliphatic heterocycles. The number of hydrogen-bond donors (Lipinski definition) is 1. The van der Waals surface area contributed by atoms with Crippen LogP contribution in [0, 0.1) is 11.7 Å². The van der Waals surface area contributed by atoms with Crippen LogP contribution in [0.25, 0.3) is 0 Å². The van der Waals surface area contributed by atoms with Gasteiger partial charge in [0.15, 0.2) is 0 Å². The summed E-state index contributed by atoms with van der Waals surface area (Å²) in [5.41, 5.74) is -0.634. The van der Waals surface area contributed by atoms with Gasteiger partial charge in [0, 0.05) is 5.02 Å². The predicted molar refractivity (Wildman–Crippen MR) is 78.5 cm³/mol. The second-order valence-corrected chi connectivity index (χ2v) is 5.72. The summed E-state index contributed by atoms with van der Waals surface area (Å²) in [7, 11) is 1.27. The molecule has 0 bridgehead atoms. The second-order valence-electron chi connectivity index (χ2n) is 5.31. The zero-order valence-electron chi connectivity index (χ0n) is 12.5. The topological polar surface area (TPSA) is 55.4 Å². The Balaban J connectivity index is 2.86. The summed E-state index contributed by atoms with van der Waals surface area (Å²) in [5, 5.41) is 2.84. The van der Waals surface area contributed by atoms with Crippen molar-refractivity contribution in [3.8, 4) is 0 Å². The van der Waals surface area contributed by atoms with E-state index in [-0.39, 0.29) is 23.3 Å². The zero-order valence-corrected chi connectivity index (χ0v) is 13.3. The van der Waals surface area contributed by atoms with Gasteiger partial charge < -0.3 is 10.1 Å². The highest BCUT2D eigenvalue weighted by atomic mass is 35.5. The SMILES string of the molecule is COC(=O)C(C)(NC(=O)Cc1ccc(F)cc1Cl)C(C)C. The number of amides is 1. The van der Waals surface area contributed by atoms with E-state index in [2.05, 4.69) is 5.32 Å². The van der Waals surface area contributed by atoms with Crippen LogP contribution in [0.15, 0.2) is 18.2 Å². The van der Waals surface area contributed by atoms with E-state index in [0.717, 1.165) is 6.07 Å². The van der Waals surface area contributed by atoms with E-state index in [1.54, 1.807) is 6.92 Å². The van der Waals surface area contributed by atoms with Crippen molar-refractivity contribution in [2.75, 3.05) is 7.11 Å². The maximum Gasteiger partial charge on any atom is 0.331 e. The molecule has 0 aliphatic carbocycles. The van der Waals surface area contributed by atoms with E-state index in [0.29, 0.717) is 5.56 Å². The molecule has 0 spiro atoms. The molecular weight excluding hydrogens is 297 g/mol. The lowest BCUT2D eigenvalue weighted by Gasteiger charge is -2.31. The minimum atomic E-state index is -1.13. The number of carbonyl (C=O) groups is 2. The first kappa shape index (κ1) is 17.4. The number of benzene rings is 1. The van der Waals surface area contributed by atoms with E-state index in [9.17, 15) is 14.0 Å². The summed E-state index contributed by atoms with van der Waals surface area (Å²) in [6.45, 7) is 5.22. The van der Waals surface area contributed by atoms with Crippen molar-refractivity contribution in [3.05, 3.63) is 34.6 Å². The lowest BCUT2D eigenvalue weighted by Crippen LogP contribution is -2.56. The number of halogens is 2. The molecule has 0 aliphatic rings. The summed E-state index contributed by atoms with van der Waals surface area (Å²) >= 11 is 5.89. The quantitative estimate of drug-likeness (QED) is 0.850. The Kier molecular flexibility index (Phi) is 5.72. The first-order valence-corrected chi connectivity index (χ1v) is 6.92. The number of ether oxygens (including phenoxy) is 1. The molecule has 1 rings (SSSR count). The molecule has 6 heteroatoms. The molecule has 0 radical (unpaired) electrons. The molecule has 0 aromatic heterocycles. The third-order valence-corrected chi connectivity index (χ3v) is 3.88. The van der Waals surface area contributed by atoms with Crippen LogP contribution in [0.3, 0.4) is 0 Å². The minimum absolute atomic E-state index is 0.0432. The molecule has 1 amide bonds. The number of carbonyl (C=O) groups excluding carboxylic acids is 2. The van der Waals surface area contributed by atoms with Crippen LogP contribution in [-0.2, 0) is 20.7 Å². The van der Waals surface area contributed by atoms with Gasteiger partial charge in [0.2, 0.25) is 5.91 Å². The van der Waals surface area contributed by atoms with Gasteiger partial charge in [0.1, 0.15) is 11.4 Å². The Bertz CT molecular complexity index is 548. The number of rotatable bonds is 5. The molecule has 1 unspecified atom stereocenters. The molecule has 0 fully saturated rings. The van der Waals surface area contributed by atoms with Crippen LogP contribution in [0.1, 0.15) is 26.3 Å². The first-order chi connectivity index (χ1) is 9.70. The van der Waals surface area contributed by atoms with Crippen LogP contribution >= 0.6 is 11.6 Å². The molecule has 0 saturated carbocycles. The molecule has 0 heterocycles. The third kappa shape index (κ3) is 4.17. The molecule has 116 valence electrons. The van der Waals surface area contributed by atoms with Crippen molar-refractivity contribution in [2.24, 2.45) is 5.92 Å². The highest BCUT2D eigenvalue weighted by Gasteiger charge is 2.39. The lowest BCUT2D eigenvalue weighted by molar-refractivity contribution is -0.152. The number of esters is 1. The smallest absolute Gasteiger partial charge is 0.331 e. The molecule has 1 aromatic carbocycles. The largest absolute Gasteiger partial charge is 0.467 e. The summed E-state index contributed by atoms with van der Waals surface area (Å²) < 4.78 is 17.7. The van der Waals surface area contributed by atoms with Gasteiger partial charge in [0.05, 0.1) is 13.5 Å².